The lowest BCUT2D eigenvalue weighted by atomic mass is 9.98. The van der Waals surface area contributed by atoms with Gasteiger partial charge in [0.2, 0.25) is 0 Å². The minimum absolute atomic E-state index is 0.0204. The first-order chi connectivity index (χ1) is 13.9. The van der Waals surface area contributed by atoms with E-state index in [0.29, 0.717) is 34.2 Å². The van der Waals surface area contributed by atoms with Crippen LogP contribution in [0.25, 0.3) is 0 Å². The maximum Gasteiger partial charge on any atom is 0.356 e. The number of aromatic carboxylic acids is 1. The van der Waals surface area contributed by atoms with E-state index in [1.54, 1.807) is 21.7 Å². The molecule has 29 heavy (non-hydrogen) atoms. The number of hydrogen-bond donors (Lipinski definition) is 1. The summed E-state index contributed by atoms with van der Waals surface area (Å²) >= 11 is 12.0. The van der Waals surface area contributed by atoms with E-state index in [4.69, 9.17) is 27.9 Å². The Balaban J connectivity index is 1.68. The van der Waals surface area contributed by atoms with E-state index in [2.05, 4.69) is 5.10 Å². The molecule has 0 spiro atoms. The molecule has 1 aromatic heterocycles. The minimum Gasteiger partial charge on any atom is -0.476 e. The lowest BCUT2D eigenvalue weighted by Crippen LogP contribution is -2.43. The van der Waals surface area contributed by atoms with Gasteiger partial charge in [0.05, 0.1) is 16.6 Å². The van der Waals surface area contributed by atoms with Gasteiger partial charge in [-0.2, -0.15) is 5.10 Å². The van der Waals surface area contributed by atoms with Gasteiger partial charge in [-0.05, 0) is 44.4 Å². The number of halogens is 2. The molecule has 1 amide bonds. The summed E-state index contributed by atoms with van der Waals surface area (Å²) < 4.78 is 7.54. The van der Waals surface area contributed by atoms with Gasteiger partial charge < -0.3 is 14.7 Å². The van der Waals surface area contributed by atoms with E-state index in [9.17, 15) is 14.7 Å². The van der Waals surface area contributed by atoms with Crippen LogP contribution in [-0.4, -0.2) is 44.3 Å². The molecule has 0 radical (unpaired) electrons. The fraction of sp³-hybridized carbons (Fsp3) is 0.450. The molecule has 0 aliphatic carbocycles. The highest BCUT2D eigenvalue weighted by molar-refractivity contribution is 6.42. The fourth-order valence-corrected chi connectivity index (χ4v) is 4.29. The van der Waals surface area contributed by atoms with Crippen molar-refractivity contribution < 1.29 is 19.4 Å². The lowest BCUT2D eigenvalue weighted by molar-refractivity contribution is -0.0419. The van der Waals surface area contributed by atoms with E-state index in [-0.39, 0.29) is 30.4 Å². The molecule has 0 bridgehead atoms. The number of carbonyl (C=O) groups is 2. The van der Waals surface area contributed by atoms with Crippen LogP contribution in [0, 0.1) is 0 Å². The number of hydrogen-bond acceptors (Lipinski definition) is 4. The molecule has 1 N–H and O–H groups in total. The highest BCUT2D eigenvalue weighted by Gasteiger charge is 2.36. The molecule has 4 rings (SSSR count). The molecule has 2 atom stereocenters. The summed E-state index contributed by atoms with van der Waals surface area (Å²) in [5.74, 6) is -1.33. The molecule has 2 aliphatic rings. The molecule has 3 heterocycles. The van der Waals surface area contributed by atoms with Crippen molar-refractivity contribution in [3.8, 4) is 0 Å². The summed E-state index contributed by atoms with van der Waals surface area (Å²) in [5, 5.41) is 14.7. The van der Waals surface area contributed by atoms with Crippen molar-refractivity contribution in [2.24, 2.45) is 0 Å². The second-order valence-electron chi connectivity index (χ2n) is 7.46. The van der Waals surface area contributed by atoms with Gasteiger partial charge in [0.1, 0.15) is 6.23 Å². The average Bonchev–Trinajstić information content (AvgIpc) is 3.08. The van der Waals surface area contributed by atoms with Gasteiger partial charge >= 0.3 is 5.97 Å². The molecule has 7 nitrogen and oxygen atoms in total. The summed E-state index contributed by atoms with van der Waals surface area (Å²) in [5.41, 5.74) is 1.79. The van der Waals surface area contributed by atoms with E-state index in [0.717, 1.165) is 25.0 Å². The van der Waals surface area contributed by atoms with Crippen LogP contribution in [0.15, 0.2) is 18.2 Å². The number of carbonyl (C=O) groups excluding carboxylic acids is 1. The Labute approximate surface area is 178 Å². The predicted molar refractivity (Wildman–Crippen MR) is 108 cm³/mol. The summed E-state index contributed by atoms with van der Waals surface area (Å²) in [6.07, 6.45) is 3.05. The first-order valence-electron chi connectivity index (χ1n) is 9.58. The number of fused-ring (bicyclic) bond motifs is 1. The molecule has 2 aliphatic heterocycles. The molecule has 1 aromatic carbocycles. The smallest absolute Gasteiger partial charge is 0.356 e. The fourth-order valence-electron chi connectivity index (χ4n) is 4.00. The SMILES string of the molecule is C[C@@H]1Cc2c(c(C(=O)O)nn2C2CCCCO2)CN1C(=O)c1ccc(Cl)c(Cl)c1. The third-order valence-corrected chi connectivity index (χ3v) is 6.27. The Hall–Kier alpha value is -2.09. The van der Waals surface area contributed by atoms with Crippen molar-refractivity contribution in [1.29, 1.82) is 0 Å². The number of nitrogens with zero attached hydrogens (tertiary/aromatic N) is 3. The summed E-state index contributed by atoms with van der Waals surface area (Å²) in [6.45, 7) is 2.75. The van der Waals surface area contributed by atoms with Gasteiger partial charge in [-0.25, -0.2) is 9.48 Å². The van der Waals surface area contributed by atoms with Crippen LogP contribution in [0.4, 0.5) is 0 Å². The van der Waals surface area contributed by atoms with Crippen LogP contribution in [-0.2, 0) is 17.7 Å². The van der Waals surface area contributed by atoms with E-state index in [1.165, 1.54) is 6.07 Å². The normalized spacial score (nSPS) is 21.7. The average molecular weight is 438 g/mol. The predicted octanol–water partition coefficient (Wildman–Crippen LogP) is 4.17. The van der Waals surface area contributed by atoms with E-state index >= 15 is 0 Å². The first-order valence-corrected chi connectivity index (χ1v) is 10.3. The van der Waals surface area contributed by atoms with Crippen LogP contribution < -0.4 is 0 Å². The van der Waals surface area contributed by atoms with Crippen molar-refractivity contribution >= 4 is 35.1 Å². The molecule has 2 aromatic rings. The number of carboxylic acid groups (broad SMARTS) is 1. The Morgan fingerprint density at radius 2 is 2.03 bits per heavy atom. The monoisotopic (exact) mass is 437 g/mol. The maximum absolute atomic E-state index is 13.1. The molecular formula is C20H21Cl2N3O4. The Morgan fingerprint density at radius 1 is 1.24 bits per heavy atom. The minimum atomic E-state index is -1.10. The summed E-state index contributed by atoms with van der Waals surface area (Å²) in [4.78, 5) is 26.6. The molecule has 9 heteroatoms. The second-order valence-corrected chi connectivity index (χ2v) is 8.27. The maximum atomic E-state index is 13.1. The highest BCUT2D eigenvalue weighted by atomic mass is 35.5. The summed E-state index contributed by atoms with van der Waals surface area (Å²) in [7, 11) is 0. The zero-order valence-corrected chi connectivity index (χ0v) is 17.4. The van der Waals surface area contributed by atoms with Gasteiger partial charge in [0, 0.05) is 35.9 Å². The number of amides is 1. The standard InChI is InChI=1S/C20H21Cl2N3O4/c1-11-8-16-13(10-24(11)19(26)12-5-6-14(21)15(22)9-12)18(20(27)28)23-25(16)17-4-2-3-7-29-17/h5-6,9,11,17H,2-4,7-8,10H2,1H3,(H,27,28)/t11-,17?/m1/s1. The van der Waals surface area contributed by atoms with Crippen molar-refractivity contribution in [3.05, 3.63) is 50.8 Å². The highest BCUT2D eigenvalue weighted by Crippen LogP contribution is 2.33. The van der Waals surface area contributed by atoms with Crippen LogP contribution in [0.3, 0.4) is 0 Å². The first kappa shape index (κ1) is 20.2. The topological polar surface area (TPSA) is 84.7 Å². The van der Waals surface area contributed by atoms with Crippen molar-refractivity contribution in [1.82, 2.24) is 14.7 Å². The van der Waals surface area contributed by atoms with Crippen molar-refractivity contribution in [3.63, 3.8) is 0 Å². The molecule has 0 saturated carbocycles. The molecule has 1 unspecified atom stereocenters. The van der Waals surface area contributed by atoms with Gasteiger partial charge in [-0.3, -0.25) is 4.79 Å². The van der Waals surface area contributed by atoms with Gasteiger partial charge in [-0.15, -0.1) is 0 Å². The quantitative estimate of drug-likeness (QED) is 0.778. The molecule has 1 saturated heterocycles. The number of benzene rings is 1. The Kier molecular flexibility index (Phi) is 5.55. The second kappa shape index (κ2) is 7.97. The van der Waals surface area contributed by atoms with E-state index in [1.807, 2.05) is 6.92 Å². The zero-order chi connectivity index (χ0) is 20.7. The zero-order valence-electron chi connectivity index (χ0n) is 15.9. The summed E-state index contributed by atoms with van der Waals surface area (Å²) in [6, 6.07) is 4.60. The number of ether oxygens (including phenoxy) is 1. The van der Waals surface area contributed by atoms with Crippen molar-refractivity contribution in [2.75, 3.05) is 6.61 Å². The number of rotatable bonds is 3. The van der Waals surface area contributed by atoms with Crippen LogP contribution in [0.5, 0.6) is 0 Å². The number of aromatic nitrogens is 2. The van der Waals surface area contributed by atoms with Gasteiger partial charge in [-0.1, -0.05) is 23.2 Å². The molecule has 154 valence electrons. The Bertz CT molecular complexity index is 969. The van der Waals surface area contributed by atoms with Crippen LogP contribution in [0.1, 0.15) is 64.5 Å². The number of carboxylic acids is 1. The molecular weight excluding hydrogens is 417 g/mol. The van der Waals surface area contributed by atoms with Crippen LogP contribution >= 0.6 is 23.2 Å². The molecule has 1 fully saturated rings. The van der Waals surface area contributed by atoms with E-state index < -0.39 is 5.97 Å². The van der Waals surface area contributed by atoms with Crippen molar-refractivity contribution in [2.45, 2.75) is 51.4 Å². The van der Waals surface area contributed by atoms with Gasteiger partial charge in [0.15, 0.2) is 5.69 Å². The largest absolute Gasteiger partial charge is 0.476 e. The lowest BCUT2D eigenvalue weighted by Gasteiger charge is -2.35. The van der Waals surface area contributed by atoms with Gasteiger partial charge in [0.25, 0.3) is 5.91 Å². The third kappa shape index (κ3) is 3.74. The Morgan fingerprint density at radius 3 is 2.69 bits per heavy atom. The van der Waals surface area contributed by atoms with Crippen LogP contribution in [0.2, 0.25) is 10.0 Å². The third-order valence-electron chi connectivity index (χ3n) is 5.53.